The lowest BCUT2D eigenvalue weighted by molar-refractivity contribution is -0.113. The van der Waals surface area contributed by atoms with Gasteiger partial charge in [0.15, 0.2) is 0 Å². The zero-order valence-electron chi connectivity index (χ0n) is 19.9. The maximum absolute atomic E-state index is 10.2. The highest BCUT2D eigenvalue weighted by atomic mass is 16.5. The first-order chi connectivity index (χ1) is 17.1. The summed E-state index contributed by atoms with van der Waals surface area (Å²) < 4.78 is 23.5. The standard InChI is InChI=1S/C29H32O6/c1-32-27-11-8-21(29-16-23(31)15-25(17-30)34-29)13-22(27)12-19-6-9-24(10-7-19)33-18-26-14-20-4-2-3-5-28(20)35-26/h2-11,13,23,25-26,29-31H,12,14-18H2,1H3. The van der Waals surface area contributed by atoms with E-state index in [4.69, 9.17) is 18.9 Å². The van der Waals surface area contributed by atoms with Crippen LogP contribution >= 0.6 is 0 Å². The molecule has 1 fully saturated rings. The predicted molar refractivity (Wildman–Crippen MR) is 132 cm³/mol. The molecule has 0 spiro atoms. The fraction of sp³-hybridized carbons (Fsp3) is 0.379. The van der Waals surface area contributed by atoms with Gasteiger partial charge in [-0.2, -0.15) is 0 Å². The molecule has 2 aliphatic rings. The van der Waals surface area contributed by atoms with Gasteiger partial charge in [-0.1, -0.05) is 36.4 Å². The third-order valence-corrected chi connectivity index (χ3v) is 6.73. The second-order valence-electron chi connectivity index (χ2n) is 9.31. The first-order valence-corrected chi connectivity index (χ1v) is 12.2. The van der Waals surface area contributed by atoms with Crippen LogP contribution in [0.3, 0.4) is 0 Å². The minimum absolute atomic E-state index is 0.0324. The number of ether oxygens (including phenoxy) is 4. The Morgan fingerprint density at radius 3 is 2.57 bits per heavy atom. The van der Waals surface area contributed by atoms with Crippen molar-refractivity contribution in [1.29, 1.82) is 0 Å². The molecule has 184 valence electrons. The monoisotopic (exact) mass is 476 g/mol. The summed E-state index contributed by atoms with van der Waals surface area (Å²) in [5, 5.41) is 19.7. The molecule has 3 aromatic carbocycles. The van der Waals surface area contributed by atoms with E-state index in [1.165, 1.54) is 5.56 Å². The minimum atomic E-state index is -0.479. The molecule has 3 aromatic rings. The second-order valence-corrected chi connectivity index (χ2v) is 9.31. The molecule has 0 radical (unpaired) electrons. The lowest BCUT2D eigenvalue weighted by Gasteiger charge is -2.32. The maximum atomic E-state index is 10.2. The number of fused-ring (bicyclic) bond motifs is 1. The van der Waals surface area contributed by atoms with Crippen LogP contribution < -0.4 is 14.2 Å². The summed E-state index contributed by atoms with van der Waals surface area (Å²) >= 11 is 0. The highest BCUT2D eigenvalue weighted by molar-refractivity contribution is 5.42. The van der Waals surface area contributed by atoms with Gasteiger partial charge in [-0.3, -0.25) is 0 Å². The predicted octanol–water partition coefficient (Wildman–Crippen LogP) is 4.24. The van der Waals surface area contributed by atoms with Gasteiger partial charge in [0.1, 0.15) is 30.0 Å². The van der Waals surface area contributed by atoms with E-state index in [-0.39, 0.29) is 24.9 Å². The molecule has 4 unspecified atom stereocenters. The molecule has 6 nitrogen and oxygen atoms in total. The Hall–Kier alpha value is -3.06. The average Bonchev–Trinajstić information content (AvgIpc) is 3.31. The largest absolute Gasteiger partial charge is 0.496 e. The van der Waals surface area contributed by atoms with Crippen LogP contribution in [0.25, 0.3) is 0 Å². The van der Waals surface area contributed by atoms with Gasteiger partial charge in [0, 0.05) is 25.7 Å². The number of rotatable bonds is 8. The van der Waals surface area contributed by atoms with Crippen molar-refractivity contribution in [2.45, 2.75) is 50.1 Å². The van der Waals surface area contributed by atoms with E-state index in [2.05, 4.69) is 24.3 Å². The van der Waals surface area contributed by atoms with Crippen molar-refractivity contribution in [1.82, 2.24) is 0 Å². The SMILES string of the molecule is COc1ccc(C2CC(O)CC(CO)O2)cc1Cc1ccc(OCC2Cc3ccccc3O2)cc1. The molecule has 0 saturated carbocycles. The quantitative estimate of drug-likeness (QED) is 0.506. The Morgan fingerprint density at radius 1 is 0.971 bits per heavy atom. The molecule has 0 aliphatic carbocycles. The Morgan fingerprint density at radius 2 is 1.80 bits per heavy atom. The first kappa shape index (κ1) is 23.7. The Labute approximate surface area is 206 Å². The van der Waals surface area contributed by atoms with E-state index in [9.17, 15) is 10.2 Å². The number of hydrogen-bond acceptors (Lipinski definition) is 6. The van der Waals surface area contributed by atoms with Crippen LogP contribution in [0.2, 0.25) is 0 Å². The summed E-state index contributed by atoms with van der Waals surface area (Å²) in [4.78, 5) is 0. The fourth-order valence-corrected chi connectivity index (χ4v) is 4.92. The van der Waals surface area contributed by atoms with Gasteiger partial charge in [0.2, 0.25) is 0 Å². The number of benzene rings is 3. The van der Waals surface area contributed by atoms with Crippen molar-refractivity contribution in [3.63, 3.8) is 0 Å². The van der Waals surface area contributed by atoms with Crippen LogP contribution in [0.1, 0.15) is 41.2 Å². The third kappa shape index (κ3) is 5.61. The smallest absolute Gasteiger partial charge is 0.137 e. The Balaban J connectivity index is 1.22. The summed E-state index contributed by atoms with van der Waals surface area (Å²) in [5.74, 6) is 2.57. The molecule has 2 N–H and O–H groups in total. The zero-order valence-corrected chi connectivity index (χ0v) is 19.9. The van der Waals surface area contributed by atoms with Crippen LogP contribution in [0.5, 0.6) is 17.2 Å². The first-order valence-electron chi connectivity index (χ1n) is 12.2. The van der Waals surface area contributed by atoms with Gasteiger partial charge in [-0.25, -0.2) is 0 Å². The lowest BCUT2D eigenvalue weighted by Crippen LogP contribution is -2.33. The Bertz CT molecular complexity index is 1100. The fourth-order valence-electron chi connectivity index (χ4n) is 4.92. The molecule has 4 atom stereocenters. The van der Waals surface area contributed by atoms with Crippen molar-refractivity contribution in [3.05, 3.63) is 89.0 Å². The number of hydrogen-bond donors (Lipinski definition) is 2. The van der Waals surface area contributed by atoms with Crippen LogP contribution in [0.4, 0.5) is 0 Å². The Kier molecular flexibility index (Phi) is 7.23. The zero-order chi connectivity index (χ0) is 24.2. The molecule has 35 heavy (non-hydrogen) atoms. The number of aliphatic hydroxyl groups is 2. The van der Waals surface area contributed by atoms with Crippen molar-refractivity contribution in [2.75, 3.05) is 20.3 Å². The molecule has 1 saturated heterocycles. The second kappa shape index (κ2) is 10.7. The van der Waals surface area contributed by atoms with Gasteiger partial charge >= 0.3 is 0 Å². The van der Waals surface area contributed by atoms with Crippen molar-refractivity contribution >= 4 is 0 Å². The van der Waals surface area contributed by atoms with Crippen LogP contribution in [-0.2, 0) is 17.6 Å². The molecule has 6 heteroatoms. The van der Waals surface area contributed by atoms with Crippen LogP contribution in [0.15, 0.2) is 66.7 Å². The van der Waals surface area contributed by atoms with Gasteiger partial charge < -0.3 is 29.2 Å². The normalized spacial score (nSPS) is 23.4. The lowest BCUT2D eigenvalue weighted by atomic mass is 9.93. The molecular weight excluding hydrogens is 444 g/mol. The maximum Gasteiger partial charge on any atom is 0.137 e. The van der Waals surface area contributed by atoms with Gasteiger partial charge in [-0.05, 0) is 52.6 Å². The van der Waals surface area contributed by atoms with Crippen molar-refractivity contribution < 1.29 is 29.2 Å². The van der Waals surface area contributed by atoms with Crippen molar-refractivity contribution in [2.24, 2.45) is 0 Å². The van der Waals surface area contributed by atoms with E-state index in [0.29, 0.717) is 25.9 Å². The van der Waals surface area contributed by atoms with Gasteiger partial charge in [0.25, 0.3) is 0 Å². The molecule has 0 aromatic heterocycles. The summed E-state index contributed by atoms with van der Waals surface area (Å²) in [5.41, 5.74) is 4.39. The van der Waals surface area contributed by atoms with E-state index < -0.39 is 6.10 Å². The molecule has 2 aliphatic heterocycles. The molecule has 0 bridgehead atoms. The summed E-state index contributed by atoms with van der Waals surface area (Å²) in [6.45, 7) is 0.413. The molecular formula is C29H32O6. The van der Waals surface area contributed by atoms with Crippen LogP contribution in [0, 0.1) is 0 Å². The highest BCUT2D eigenvalue weighted by Gasteiger charge is 2.29. The van der Waals surface area contributed by atoms with E-state index >= 15 is 0 Å². The van der Waals surface area contributed by atoms with E-state index in [1.54, 1.807) is 7.11 Å². The third-order valence-electron chi connectivity index (χ3n) is 6.73. The average molecular weight is 477 g/mol. The molecule has 5 rings (SSSR count). The summed E-state index contributed by atoms with van der Waals surface area (Å²) in [6, 6.07) is 22.2. The van der Waals surface area contributed by atoms with Crippen LogP contribution in [-0.4, -0.2) is 48.8 Å². The summed E-state index contributed by atoms with van der Waals surface area (Å²) in [6.07, 6.45) is 1.50. The molecule has 2 heterocycles. The van der Waals surface area contributed by atoms with Gasteiger partial charge in [0.05, 0.1) is 32.0 Å². The summed E-state index contributed by atoms with van der Waals surface area (Å²) in [7, 11) is 1.67. The van der Waals surface area contributed by atoms with Crippen molar-refractivity contribution in [3.8, 4) is 17.2 Å². The van der Waals surface area contributed by atoms with Gasteiger partial charge in [-0.15, -0.1) is 0 Å². The highest BCUT2D eigenvalue weighted by Crippen LogP contribution is 2.34. The topological polar surface area (TPSA) is 77.4 Å². The van der Waals surface area contributed by atoms with E-state index in [1.807, 2.05) is 42.5 Å². The molecule has 0 amide bonds. The number of methoxy groups -OCH3 is 1. The number of aliphatic hydroxyl groups excluding tert-OH is 2. The number of para-hydroxylation sites is 1. The van der Waals surface area contributed by atoms with E-state index in [0.717, 1.165) is 40.4 Å². The minimum Gasteiger partial charge on any atom is -0.496 e.